The predicted molar refractivity (Wildman–Crippen MR) is 84.0 cm³/mol. The van der Waals surface area contributed by atoms with E-state index in [4.69, 9.17) is 11.6 Å². The van der Waals surface area contributed by atoms with E-state index in [0.29, 0.717) is 5.02 Å². The lowest BCUT2D eigenvalue weighted by Crippen LogP contribution is -1.85. The van der Waals surface area contributed by atoms with E-state index in [-0.39, 0.29) is 5.75 Å². The van der Waals surface area contributed by atoms with Crippen LogP contribution in [0.15, 0.2) is 72.8 Å². The van der Waals surface area contributed by atoms with E-state index in [1.807, 2.05) is 60.7 Å². The van der Waals surface area contributed by atoms with Crippen LogP contribution in [0.25, 0.3) is 22.3 Å². The first-order chi connectivity index (χ1) is 9.75. The van der Waals surface area contributed by atoms with Gasteiger partial charge in [-0.3, -0.25) is 0 Å². The first-order valence-corrected chi connectivity index (χ1v) is 6.77. The molecule has 2 heteroatoms. The van der Waals surface area contributed by atoms with Crippen LogP contribution in [-0.4, -0.2) is 5.11 Å². The lowest BCUT2D eigenvalue weighted by atomic mass is 9.97. The standard InChI is InChI=1S/C18H13ClO/c19-15-11-16(13-7-3-1-4-8-13)18(20)17(12-15)14-9-5-2-6-10-14/h1-12,20H. The van der Waals surface area contributed by atoms with Gasteiger partial charge in [-0.25, -0.2) is 0 Å². The molecule has 3 aromatic rings. The molecule has 0 saturated carbocycles. The number of rotatable bonds is 2. The maximum absolute atomic E-state index is 10.6. The maximum Gasteiger partial charge on any atom is 0.131 e. The van der Waals surface area contributed by atoms with Crippen LogP contribution < -0.4 is 0 Å². The molecule has 0 amide bonds. The third-order valence-electron chi connectivity index (χ3n) is 3.24. The Hall–Kier alpha value is -2.25. The van der Waals surface area contributed by atoms with Gasteiger partial charge in [0.1, 0.15) is 5.75 Å². The van der Waals surface area contributed by atoms with Crippen LogP contribution >= 0.6 is 11.6 Å². The molecule has 0 fully saturated rings. The summed E-state index contributed by atoms with van der Waals surface area (Å²) in [7, 11) is 0. The van der Waals surface area contributed by atoms with Gasteiger partial charge >= 0.3 is 0 Å². The summed E-state index contributed by atoms with van der Waals surface area (Å²) >= 11 is 6.21. The van der Waals surface area contributed by atoms with Gasteiger partial charge in [0.05, 0.1) is 0 Å². The average Bonchev–Trinajstić information content (AvgIpc) is 2.51. The predicted octanol–water partition coefficient (Wildman–Crippen LogP) is 5.38. The molecule has 0 aliphatic heterocycles. The Kier molecular flexibility index (Phi) is 3.44. The number of hydrogen-bond donors (Lipinski definition) is 1. The molecule has 0 radical (unpaired) electrons. The van der Waals surface area contributed by atoms with Gasteiger partial charge in [0.2, 0.25) is 0 Å². The Balaban J connectivity index is 2.22. The van der Waals surface area contributed by atoms with E-state index in [9.17, 15) is 5.11 Å². The van der Waals surface area contributed by atoms with Gasteiger partial charge in [-0.2, -0.15) is 0 Å². The summed E-state index contributed by atoms with van der Waals surface area (Å²) in [6, 6.07) is 23.1. The molecule has 98 valence electrons. The van der Waals surface area contributed by atoms with Crippen molar-refractivity contribution in [3.05, 3.63) is 77.8 Å². The van der Waals surface area contributed by atoms with Crippen molar-refractivity contribution >= 4 is 11.6 Å². The second-order valence-corrected chi connectivity index (χ2v) is 5.02. The molecule has 1 nitrogen and oxygen atoms in total. The third kappa shape index (κ3) is 2.40. The van der Waals surface area contributed by atoms with Gasteiger partial charge < -0.3 is 5.11 Å². The molecule has 1 N–H and O–H groups in total. The number of benzene rings is 3. The van der Waals surface area contributed by atoms with Crippen molar-refractivity contribution in [3.63, 3.8) is 0 Å². The Morgan fingerprint density at radius 1 is 0.650 bits per heavy atom. The van der Waals surface area contributed by atoms with Crippen molar-refractivity contribution in [1.29, 1.82) is 0 Å². The molecule has 3 rings (SSSR count). The van der Waals surface area contributed by atoms with Gasteiger partial charge in [0, 0.05) is 16.1 Å². The fraction of sp³-hybridized carbons (Fsp3) is 0. The summed E-state index contributed by atoms with van der Waals surface area (Å²) < 4.78 is 0. The normalized spacial score (nSPS) is 10.4. The first-order valence-electron chi connectivity index (χ1n) is 6.39. The van der Waals surface area contributed by atoms with Crippen molar-refractivity contribution in [1.82, 2.24) is 0 Å². The molecule has 0 aromatic heterocycles. The van der Waals surface area contributed by atoms with Crippen molar-refractivity contribution in [3.8, 4) is 28.0 Å². The second-order valence-electron chi connectivity index (χ2n) is 4.58. The zero-order valence-electron chi connectivity index (χ0n) is 10.8. The van der Waals surface area contributed by atoms with Crippen LogP contribution in [0, 0.1) is 0 Å². The smallest absolute Gasteiger partial charge is 0.131 e. The monoisotopic (exact) mass is 280 g/mol. The number of phenols is 1. The fourth-order valence-corrected chi connectivity index (χ4v) is 2.49. The fourth-order valence-electron chi connectivity index (χ4n) is 2.27. The van der Waals surface area contributed by atoms with Crippen LogP contribution in [-0.2, 0) is 0 Å². The molecule has 3 aromatic carbocycles. The Morgan fingerprint density at radius 3 is 1.45 bits per heavy atom. The summed E-state index contributed by atoms with van der Waals surface area (Å²) in [4.78, 5) is 0. The number of phenolic OH excluding ortho intramolecular Hbond substituents is 1. The van der Waals surface area contributed by atoms with E-state index in [2.05, 4.69) is 0 Å². The van der Waals surface area contributed by atoms with Crippen molar-refractivity contribution in [2.45, 2.75) is 0 Å². The molecular formula is C18H13ClO. The highest BCUT2D eigenvalue weighted by atomic mass is 35.5. The molecular weight excluding hydrogens is 268 g/mol. The van der Waals surface area contributed by atoms with Gasteiger partial charge in [0.15, 0.2) is 0 Å². The zero-order chi connectivity index (χ0) is 13.9. The molecule has 0 aliphatic rings. The molecule has 0 bridgehead atoms. The summed E-state index contributed by atoms with van der Waals surface area (Å²) in [6.07, 6.45) is 0. The second kappa shape index (κ2) is 5.40. The van der Waals surface area contributed by atoms with E-state index in [1.54, 1.807) is 12.1 Å². The molecule has 0 heterocycles. The van der Waals surface area contributed by atoms with Crippen molar-refractivity contribution in [2.75, 3.05) is 0 Å². The maximum atomic E-state index is 10.6. The highest BCUT2D eigenvalue weighted by Crippen LogP contribution is 2.40. The Labute approximate surface area is 123 Å². The average molecular weight is 281 g/mol. The molecule has 20 heavy (non-hydrogen) atoms. The Morgan fingerprint density at radius 2 is 1.05 bits per heavy atom. The summed E-state index contributed by atoms with van der Waals surface area (Å²) in [6.45, 7) is 0. The summed E-state index contributed by atoms with van der Waals surface area (Å²) in [5, 5.41) is 11.2. The summed E-state index contributed by atoms with van der Waals surface area (Å²) in [5.74, 6) is 0.256. The molecule has 0 spiro atoms. The topological polar surface area (TPSA) is 20.2 Å². The van der Waals surface area contributed by atoms with Gasteiger partial charge in [-0.15, -0.1) is 0 Å². The summed E-state index contributed by atoms with van der Waals surface area (Å²) in [5.41, 5.74) is 3.39. The number of aromatic hydroxyl groups is 1. The minimum atomic E-state index is 0.256. The van der Waals surface area contributed by atoms with Gasteiger partial charge in [-0.05, 0) is 23.3 Å². The first kappa shape index (κ1) is 12.8. The van der Waals surface area contributed by atoms with Crippen LogP contribution in [0.4, 0.5) is 0 Å². The lowest BCUT2D eigenvalue weighted by molar-refractivity contribution is 0.479. The van der Waals surface area contributed by atoms with Gasteiger partial charge in [-0.1, -0.05) is 72.3 Å². The SMILES string of the molecule is Oc1c(-c2ccccc2)cc(Cl)cc1-c1ccccc1. The quantitative estimate of drug-likeness (QED) is 0.668. The largest absolute Gasteiger partial charge is 0.507 e. The molecule has 0 aliphatic carbocycles. The number of halogens is 1. The van der Waals surface area contributed by atoms with Gasteiger partial charge in [0.25, 0.3) is 0 Å². The van der Waals surface area contributed by atoms with E-state index in [1.165, 1.54) is 0 Å². The van der Waals surface area contributed by atoms with Crippen LogP contribution in [0.1, 0.15) is 0 Å². The molecule has 0 atom stereocenters. The number of hydrogen-bond acceptors (Lipinski definition) is 1. The van der Waals surface area contributed by atoms with Crippen molar-refractivity contribution < 1.29 is 5.11 Å². The van der Waals surface area contributed by atoms with E-state index < -0.39 is 0 Å². The van der Waals surface area contributed by atoms with Crippen LogP contribution in [0.2, 0.25) is 5.02 Å². The lowest BCUT2D eigenvalue weighted by Gasteiger charge is -2.11. The Bertz CT molecular complexity index is 660. The zero-order valence-corrected chi connectivity index (χ0v) is 11.5. The van der Waals surface area contributed by atoms with Crippen LogP contribution in [0.3, 0.4) is 0 Å². The third-order valence-corrected chi connectivity index (χ3v) is 3.46. The minimum absolute atomic E-state index is 0.256. The van der Waals surface area contributed by atoms with E-state index in [0.717, 1.165) is 22.3 Å². The molecule has 0 saturated heterocycles. The minimum Gasteiger partial charge on any atom is -0.507 e. The van der Waals surface area contributed by atoms with Crippen LogP contribution in [0.5, 0.6) is 5.75 Å². The highest BCUT2D eigenvalue weighted by molar-refractivity contribution is 6.31. The molecule has 0 unspecified atom stereocenters. The van der Waals surface area contributed by atoms with E-state index >= 15 is 0 Å². The highest BCUT2D eigenvalue weighted by Gasteiger charge is 2.12. The van der Waals surface area contributed by atoms with Crippen molar-refractivity contribution in [2.24, 2.45) is 0 Å².